The van der Waals surface area contributed by atoms with Gasteiger partial charge in [-0.3, -0.25) is 10.1 Å². The first-order chi connectivity index (χ1) is 10.6. The maximum atomic E-state index is 11.9. The Hall–Kier alpha value is -2.28. The van der Waals surface area contributed by atoms with Crippen LogP contribution in [-0.2, 0) is 4.79 Å². The van der Waals surface area contributed by atoms with Crippen LogP contribution in [0.5, 0.6) is 0 Å². The van der Waals surface area contributed by atoms with Crippen LogP contribution in [0.2, 0.25) is 0 Å². The lowest BCUT2D eigenvalue weighted by molar-refractivity contribution is -0.124. The summed E-state index contributed by atoms with van der Waals surface area (Å²) in [7, 11) is 0. The molecule has 0 bridgehead atoms. The van der Waals surface area contributed by atoms with Crippen molar-refractivity contribution in [2.75, 3.05) is 12.3 Å². The molecule has 0 radical (unpaired) electrons. The number of carbonyl (C=O) groups is 2. The van der Waals surface area contributed by atoms with Crippen molar-refractivity contribution in [3.63, 3.8) is 0 Å². The molecule has 0 aliphatic rings. The minimum atomic E-state index is -4.56. The minimum absolute atomic E-state index is 0.260. The molecule has 0 aromatic carbocycles. The SMILES string of the molecule is Cc1cc(C)c(C#N)c(SCC(=O)NC(=O)NCC(F)(F)F)n1. The van der Waals surface area contributed by atoms with Crippen LogP contribution in [0.3, 0.4) is 0 Å². The predicted molar refractivity (Wildman–Crippen MR) is 76.7 cm³/mol. The summed E-state index contributed by atoms with van der Waals surface area (Å²) in [5.74, 6) is -1.05. The topological polar surface area (TPSA) is 94.9 Å². The summed E-state index contributed by atoms with van der Waals surface area (Å²) in [5, 5.41) is 12.7. The first-order valence-corrected chi connectivity index (χ1v) is 7.26. The number of carbonyl (C=O) groups excluding carboxylic acids is 2. The fourth-order valence-electron chi connectivity index (χ4n) is 1.56. The Balaban J connectivity index is 2.58. The van der Waals surface area contributed by atoms with Gasteiger partial charge >= 0.3 is 12.2 Å². The number of imide groups is 1. The summed E-state index contributed by atoms with van der Waals surface area (Å²) >= 11 is 0.926. The molecule has 124 valence electrons. The summed E-state index contributed by atoms with van der Waals surface area (Å²) in [6, 6.07) is 2.45. The van der Waals surface area contributed by atoms with Crippen LogP contribution in [0.25, 0.3) is 0 Å². The van der Waals surface area contributed by atoms with Crippen molar-refractivity contribution in [1.29, 1.82) is 5.26 Å². The normalized spacial score (nSPS) is 10.8. The van der Waals surface area contributed by atoms with Crippen LogP contribution < -0.4 is 10.6 Å². The highest BCUT2D eigenvalue weighted by molar-refractivity contribution is 8.00. The second-order valence-electron chi connectivity index (χ2n) is 4.51. The van der Waals surface area contributed by atoms with E-state index in [1.54, 1.807) is 25.2 Å². The van der Waals surface area contributed by atoms with E-state index in [-0.39, 0.29) is 5.75 Å². The second-order valence-corrected chi connectivity index (χ2v) is 5.47. The number of aryl methyl sites for hydroxylation is 2. The van der Waals surface area contributed by atoms with Gasteiger partial charge in [-0.25, -0.2) is 9.78 Å². The van der Waals surface area contributed by atoms with Gasteiger partial charge in [-0.05, 0) is 25.5 Å². The molecule has 0 saturated carbocycles. The Bertz CT molecular complexity index is 656. The highest BCUT2D eigenvalue weighted by atomic mass is 32.2. The Kier molecular flexibility index (Phi) is 6.38. The number of aromatic nitrogens is 1. The van der Waals surface area contributed by atoms with Crippen molar-refractivity contribution in [3.8, 4) is 6.07 Å². The summed E-state index contributed by atoms with van der Waals surface area (Å²) in [4.78, 5) is 26.8. The van der Waals surface area contributed by atoms with Crippen LogP contribution in [0.1, 0.15) is 16.8 Å². The van der Waals surface area contributed by atoms with E-state index >= 15 is 0 Å². The maximum absolute atomic E-state index is 11.9. The third-order valence-electron chi connectivity index (χ3n) is 2.47. The number of hydrogen-bond acceptors (Lipinski definition) is 5. The number of thioether (sulfide) groups is 1. The highest BCUT2D eigenvalue weighted by Gasteiger charge is 2.28. The molecule has 0 fully saturated rings. The minimum Gasteiger partial charge on any atom is -0.329 e. The van der Waals surface area contributed by atoms with Gasteiger partial charge in [0.15, 0.2) is 0 Å². The number of nitrogens with one attached hydrogen (secondary N) is 2. The zero-order valence-corrected chi connectivity index (χ0v) is 13.1. The molecule has 1 heterocycles. The second kappa shape index (κ2) is 7.82. The maximum Gasteiger partial charge on any atom is 0.405 e. The van der Waals surface area contributed by atoms with E-state index in [9.17, 15) is 22.8 Å². The molecule has 23 heavy (non-hydrogen) atoms. The smallest absolute Gasteiger partial charge is 0.329 e. The zero-order chi connectivity index (χ0) is 17.6. The van der Waals surface area contributed by atoms with E-state index in [1.165, 1.54) is 5.32 Å². The number of alkyl halides is 3. The number of halogens is 3. The van der Waals surface area contributed by atoms with Crippen LogP contribution in [0.4, 0.5) is 18.0 Å². The molecular weight excluding hydrogens is 333 g/mol. The van der Waals surface area contributed by atoms with Crippen LogP contribution in [0, 0.1) is 25.2 Å². The molecule has 0 aliphatic carbocycles. The number of rotatable bonds is 4. The fraction of sp³-hybridized carbons (Fsp3) is 0.385. The quantitative estimate of drug-likeness (QED) is 0.814. The molecule has 3 amide bonds. The van der Waals surface area contributed by atoms with Crippen molar-refractivity contribution >= 4 is 23.7 Å². The van der Waals surface area contributed by atoms with Crippen LogP contribution in [-0.4, -0.2) is 35.4 Å². The van der Waals surface area contributed by atoms with Crippen LogP contribution >= 0.6 is 11.8 Å². The lowest BCUT2D eigenvalue weighted by Crippen LogP contribution is -2.43. The molecule has 0 spiro atoms. The number of urea groups is 1. The van der Waals surface area contributed by atoms with E-state index in [0.29, 0.717) is 21.8 Å². The summed E-state index contributed by atoms with van der Waals surface area (Å²) in [5.41, 5.74) is 1.67. The molecule has 1 rings (SSSR count). The van der Waals surface area contributed by atoms with Gasteiger partial charge in [-0.2, -0.15) is 18.4 Å². The molecule has 6 nitrogen and oxygen atoms in total. The van der Waals surface area contributed by atoms with Crippen molar-refractivity contribution in [2.45, 2.75) is 25.0 Å². The average molecular weight is 346 g/mol. The Labute approximate surface area is 134 Å². The van der Waals surface area contributed by atoms with E-state index < -0.39 is 24.7 Å². The van der Waals surface area contributed by atoms with Gasteiger partial charge in [-0.1, -0.05) is 11.8 Å². The van der Waals surface area contributed by atoms with E-state index in [2.05, 4.69) is 4.98 Å². The van der Waals surface area contributed by atoms with Gasteiger partial charge in [0.1, 0.15) is 17.6 Å². The van der Waals surface area contributed by atoms with E-state index in [1.807, 2.05) is 6.07 Å². The van der Waals surface area contributed by atoms with Gasteiger partial charge in [-0.15, -0.1) is 0 Å². The summed E-state index contributed by atoms with van der Waals surface area (Å²) in [6.07, 6.45) is -4.56. The van der Waals surface area contributed by atoms with E-state index in [0.717, 1.165) is 11.8 Å². The number of amides is 3. The Morgan fingerprint density at radius 1 is 1.39 bits per heavy atom. The van der Waals surface area contributed by atoms with Crippen molar-refractivity contribution < 1.29 is 22.8 Å². The van der Waals surface area contributed by atoms with Gasteiger partial charge in [0.05, 0.1) is 11.3 Å². The fourth-order valence-corrected chi connectivity index (χ4v) is 2.46. The standard InChI is InChI=1S/C13H13F3N4O2S/c1-7-3-8(2)19-11(9(7)4-17)23-5-10(21)20-12(22)18-6-13(14,15)16/h3H,5-6H2,1-2H3,(H2,18,20,21,22). The molecule has 1 aromatic rings. The molecule has 0 atom stereocenters. The molecule has 2 N–H and O–H groups in total. The summed E-state index contributed by atoms with van der Waals surface area (Å²) < 4.78 is 35.7. The van der Waals surface area contributed by atoms with Gasteiger partial charge in [0, 0.05) is 5.69 Å². The average Bonchev–Trinajstić information content (AvgIpc) is 2.41. The summed E-state index contributed by atoms with van der Waals surface area (Å²) in [6.45, 7) is 1.92. The number of hydrogen-bond donors (Lipinski definition) is 2. The van der Waals surface area contributed by atoms with Gasteiger partial charge in [0.25, 0.3) is 0 Å². The number of pyridine rings is 1. The lowest BCUT2D eigenvalue weighted by atomic mass is 10.1. The third kappa shape index (κ3) is 6.56. The first-order valence-electron chi connectivity index (χ1n) is 6.28. The monoisotopic (exact) mass is 346 g/mol. The highest BCUT2D eigenvalue weighted by Crippen LogP contribution is 2.23. The van der Waals surface area contributed by atoms with Crippen molar-refractivity contribution in [3.05, 3.63) is 22.9 Å². The molecule has 1 aromatic heterocycles. The zero-order valence-electron chi connectivity index (χ0n) is 12.2. The molecule has 10 heteroatoms. The Morgan fingerprint density at radius 2 is 2.04 bits per heavy atom. The molecule has 0 unspecified atom stereocenters. The number of nitrogens with zero attached hydrogens (tertiary/aromatic N) is 2. The van der Waals surface area contributed by atoms with Gasteiger partial charge < -0.3 is 5.32 Å². The van der Waals surface area contributed by atoms with Gasteiger partial charge in [0.2, 0.25) is 5.91 Å². The van der Waals surface area contributed by atoms with E-state index in [4.69, 9.17) is 5.26 Å². The predicted octanol–water partition coefficient (Wildman–Crippen LogP) is 2.05. The molecular formula is C13H13F3N4O2S. The number of nitriles is 1. The van der Waals surface area contributed by atoms with Crippen LogP contribution in [0.15, 0.2) is 11.1 Å². The largest absolute Gasteiger partial charge is 0.405 e. The van der Waals surface area contributed by atoms with Crippen molar-refractivity contribution in [1.82, 2.24) is 15.6 Å². The Morgan fingerprint density at radius 3 is 2.61 bits per heavy atom. The first kappa shape index (κ1) is 18.8. The molecule has 0 saturated heterocycles. The third-order valence-corrected chi connectivity index (χ3v) is 3.44. The lowest BCUT2D eigenvalue weighted by Gasteiger charge is -2.09. The molecule has 0 aliphatic heterocycles. The van der Waals surface area contributed by atoms with Crippen molar-refractivity contribution in [2.24, 2.45) is 0 Å².